The number of piperidine rings is 1. The molecule has 118 valence electrons. The van der Waals surface area contributed by atoms with Crippen LogP contribution in [-0.2, 0) is 15.0 Å². The summed E-state index contributed by atoms with van der Waals surface area (Å²) in [5, 5.41) is 9.23. The van der Waals surface area contributed by atoms with Crippen molar-refractivity contribution in [2.75, 3.05) is 13.1 Å². The van der Waals surface area contributed by atoms with Gasteiger partial charge in [-0.2, -0.15) is 17.4 Å². The van der Waals surface area contributed by atoms with Gasteiger partial charge in [0.05, 0.1) is 0 Å². The van der Waals surface area contributed by atoms with Crippen LogP contribution in [0.25, 0.3) is 0 Å². The van der Waals surface area contributed by atoms with Crippen molar-refractivity contribution < 1.29 is 18.3 Å². The van der Waals surface area contributed by atoms with Crippen LogP contribution >= 0.6 is 0 Å². The van der Waals surface area contributed by atoms with Crippen LogP contribution in [0.1, 0.15) is 41.0 Å². The molecule has 0 spiro atoms. The normalized spacial score (nSPS) is 27.2. The first-order chi connectivity index (χ1) is 8.93. The summed E-state index contributed by atoms with van der Waals surface area (Å²) in [5.41, 5.74) is -0.689. The molecule has 2 unspecified atom stereocenters. The molecular weight excluding hydrogens is 280 g/mol. The Morgan fingerprint density at radius 1 is 1.25 bits per heavy atom. The molecule has 0 bridgehead atoms. The van der Waals surface area contributed by atoms with Crippen molar-refractivity contribution in [3.63, 3.8) is 0 Å². The average Bonchev–Trinajstić information content (AvgIpc) is 2.22. The lowest BCUT2D eigenvalue weighted by molar-refractivity contribution is -0.141. The number of nitrogens with one attached hydrogen (secondary N) is 1. The van der Waals surface area contributed by atoms with Crippen molar-refractivity contribution in [1.82, 2.24) is 9.03 Å². The van der Waals surface area contributed by atoms with Gasteiger partial charge in [-0.3, -0.25) is 4.79 Å². The molecule has 0 amide bonds. The zero-order chi connectivity index (χ0) is 15.7. The Balaban J connectivity index is 2.90. The van der Waals surface area contributed by atoms with E-state index in [0.717, 1.165) is 6.42 Å². The Bertz CT molecular complexity index is 445. The van der Waals surface area contributed by atoms with Crippen LogP contribution in [0.2, 0.25) is 0 Å². The highest BCUT2D eigenvalue weighted by Crippen LogP contribution is 2.25. The van der Waals surface area contributed by atoms with E-state index in [9.17, 15) is 18.3 Å². The summed E-state index contributed by atoms with van der Waals surface area (Å²) in [6.45, 7) is 10.0. The van der Waals surface area contributed by atoms with Gasteiger partial charge < -0.3 is 5.11 Å². The molecule has 0 aromatic heterocycles. The third kappa shape index (κ3) is 4.43. The van der Waals surface area contributed by atoms with Gasteiger partial charge in [-0.25, -0.2) is 0 Å². The number of aliphatic carboxylic acids is 1. The summed E-state index contributed by atoms with van der Waals surface area (Å²) in [4.78, 5) is 11.3. The van der Waals surface area contributed by atoms with Crippen molar-refractivity contribution in [3.05, 3.63) is 0 Å². The van der Waals surface area contributed by atoms with Gasteiger partial charge in [0.25, 0.3) is 10.2 Å². The summed E-state index contributed by atoms with van der Waals surface area (Å²) in [7, 11) is -3.77. The van der Waals surface area contributed by atoms with E-state index in [1.165, 1.54) is 4.31 Å². The van der Waals surface area contributed by atoms with Crippen LogP contribution in [0.15, 0.2) is 0 Å². The standard InChI is InChI=1S/C13H26N2O4S/c1-9-6-10(2)8-15(7-9)20(18,19)14-11(12(16)17)13(3,4)5/h9-11,14H,6-8H2,1-5H3,(H,16,17)/t9?,10?,11-/m1/s1. The SMILES string of the molecule is CC1CC(C)CN(S(=O)(=O)N[C@H](C(=O)O)C(C)(C)C)C1. The minimum Gasteiger partial charge on any atom is -0.480 e. The van der Waals surface area contributed by atoms with Crippen LogP contribution in [0, 0.1) is 17.3 Å². The Labute approximate surface area is 121 Å². The lowest BCUT2D eigenvalue weighted by Gasteiger charge is -2.36. The Morgan fingerprint density at radius 2 is 1.70 bits per heavy atom. The molecule has 6 nitrogen and oxygen atoms in total. The fourth-order valence-corrected chi connectivity index (χ4v) is 4.43. The number of nitrogens with zero attached hydrogens (tertiary/aromatic N) is 1. The van der Waals surface area contributed by atoms with Crippen molar-refractivity contribution in [3.8, 4) is 0 Å². The van der Waals surface area contributed by atoms with E-state index in [4.69, 9.17) is 0 Å². The highest BCUT2D eigenvalue weighted by Gasteiger charge is 2.38. The van der Waals surface area contributed by atoms with Gasteiger partial charge in [0.1, 0.15) is 6.04 Å². The number of hydrogen-bond donors (Lipinski definition) is 2. The molecule has 1 saturated heterocycles. The highest BCUT2D eigenvalue weighted by molar-refractivity contribution is 7.87. The lowest BCUT2D eigenvalue weighted by atomic mass is 9.88. The first-order valence-corrected chi connectivity index (χ1v) is 8.37. The summed E-state index contributed by atoms with van der Waals surface area (Å²) in [6.07, 6.45) is 0.994. The maximum Gasteiger partial charge on any atom is 0.322 e. The molecule has 7 heteroatoms. The van der Waals surface area contributed by atoms with Crippen LogP contribution in [0.3, 0.4) is 0 Å². The second-order valence-corrected chi connectivity index (χ2v) is 8.73. The molecular formula is C13H26N2O4S. The minimum atomic E-state index is -3.77. The Hall–Kier alpha value is -0.660. The van der Waals surface area contributed by atoms with Gasteiger partial charge in [-0.05, 0) is 23.7 Å². The topological polar surface area (TPSA) is 86.7 Å². The van der Waals surface area contributed by atoms with Crippen LogP contribution in [0.5, 0.6) is 0 Å². The zero-order valence-electron chi connectivity index (χ0n) is 12.9. The molecule has 20 heavy (non-hydrogen) atoms. The highest BCUT2D eigenvalue weighted by atomic mass is 32.2. The zero-order valence-corrected chi connectivity index (χ0v) is 13.7. The fraction of sp³-hybridized carbons (Fsp3) is 0.923. The average molecular weight is 306 g/mol. The number of hydrogen-bond acceptors (Lipinski definition) is 3. The Kier molecular flexibility index (Phi) is 5.21. The lowest BCUT2D eigenvalue weighted by Crippen LogP contribution is -2.55. The van der Waals surface area contributed by atoms with Gasteiger partial charge in [0.15, 0.2) is 0 Å². The minimum absolute atomic E-state index is 0.285. The van der Waals surface area contributed by atoms with E-state index < -0.39 is 27.6 Å². The maximum absolute atomic E-state index is 12.4. The Morgan fingerprint density at radius 3 is 2.05 bits per heavy atom. The smallest absolute Gasteiger partial charge is 0.322 e. The van der Waals surface area contributed by atoms with E-state index in [2.05, 4.69) is 4.72 Å². The molecule has 0 saturated carbocycles. The molecule has 3 atom stereocenters. The number of carboxylic acid groups (broad SMARTS) is 1. The molecule has 0 aromatic carbocycles. The van der Waals surface area contributed by atoms with Crippen molar-refractivity contribution in [2.24, 2.45) is 17.3 Å². The summed E-state index contributed by atoms with van der Waals surface area (Å²) < 4.78 is 28.5. The third-order valence-corrected chi connectivity index (χ3v) is 5.07. The predicted octanol–water partition coefficient (Wildman–Crippen LogP) is 1.30. The number of rotatable bonds is 4. The van der Waals surface area contributed by atoms with Crippen LogP contribution < -0.4 is 4.72 Å². The number of carboxylic acids is 1. The van der Waals surface area contributed by atoms with Crippen molar-refractivity contribution in [1.29, 1.82) is 0 Å². The molecule has 0 radical (unpaired) electrons. The molecule has 1 fully saturated rings. The molecule has 1 heterocycles. The first-order valence-electron chi connectivity index (χ1n) is 6.93. The van der Waals surface area contributed by atoms with Gasteiger partial charge in [-0.1, -0.05) is 34.6 Å². The molecule has 1 rings (SSSR count). The summed E-state index contributed by atoms with van der Waals surface area (Å²) >= 11 is 0. The second-order valence-electron chi connectivity index (χ2n) is 7.02. The molecule has 2 N–H and O–H groups in total. The molecule has 1 aliphatic rings. The third-order valence-electron chi connectivity index (χ3n) is 3.56. The van der Waals surface area contributed by atoms with E-state index in [0.29, 0.717) is 13.1 Å². The predicted molar refractivity (Wildman–Crippen MR) is 77.5 cm³/mol. The van der Waals surface area contributed by atoms with Crippen molar-refractivity contribution in [2.45, 2.75) is 47.1 Å². The summed E-state index contributed by atoms with van der Waals surface area (Å²) in [6, 6.07) is -1.14. The summed E-state index contributed by atoms with van der Waals surface area (Å²) in [5.74, 6) is -0.583. The maximum atomic E-state index is 12.4. The largest absolute Gasteiger partial charge is 0.480 e. The monoisotopic (exact) mass is 306 g/mol. The van der Waals surface area contributed by atoms with E-state index in [1.54, 1.807) is 20.8 Å². The van der Waals surface area contributed by atoms with E-state index >= 15 is 0 Å². The molecule has 0 aromatic rings. The van der Waals surface area contributed by atoms with Crippen molar-refractivity contribution >= 4 is 16.2 Å². The van der Waals surface area contributed by atoms with Gasteiger partial charge in [0, 0.05) is 13.1 Å². The van der Waals surface area contributed by atoms with E-state index in [1.807, 2.05) is 13.8 Å². The molecule has 0 aliphatic carbocycles. The van der Waals surface area contributed by atoms with Gasteiger partial charge in [-0.15, -0.1) is 0 Å². The molecule has 1 aliphatic heterocycles. The van der Waals surface area contributed by atoms with Crippen LogP contribution in [0.4, 0.5) is 0 Å². The van der Waals surface area contributed by atoms with Gasteiger partial charge >= 0.3 is 5.97 Å². The van der Waals surface area contributed by atoms with Crippen LogP contribution in [-0.4, -0.2) is 42.9 Å². The second kappa shape index (κ2) is 5.99. The van der Waals surface area contributed by atoms with E-state index in [-0.39, 0.29) is 11.8 Å². The van der Waals surface area contributed by atoms with Gasteiger partial charge in [0.2, 0.25) is 0 Å². The number of carbonyl (C=O) groups is 1. The first kappa shape index (κ1) is 17.4. The fourth-order valence-electron chi connectivity index (χ4n) is 2.62. The quantitative estimate of drug-likeness (QED) is 0.819.